The summed E-state index contributed by atoms with van der Waals surface area (Å²) in [6.45, 7) is 12.9. The lowest BCUT2D eigenvalue weighted by Crippen LogP contribution is -2.39. The van der Waals surface area contributed by atoms with E-state index in [0.29, 0.717) is 12.5 Å². The molecular formula is C19H29IN4S. The van der Waals surface area contributed by atoms with Crippen molar-refractivity contribution in [2.24, 2.45) is 4.99 Å². The highest BCUT2D eigenvalue weighted by molar-refractivity contribution is 14.0. The average molecular weight is 472 g/mol. The second-order valence-corrected chi connectivity index (χ2v) is 7.42. The molecule has 2 N–H and O–H groups in total. The molecule has 0 fully saturated rings. The van der Waals surface area contributed by atoms with Crippen molar-refractivity contribution in [1.29, 1.82) is 0 Å². The van der Waals surface area contributed by atoms with E-state index in [0.717, 1.165) is 29.8 Å². The SMILES string of the molecule is CCNC(=NCc1nc(C)c(C)s1)NCC(C)c1ccc(C)cc1.I. The first-order valence-corrected chi connectivity index (χ1v) is 9.33. The van der Waals surface area contributed by atoms with Crippen LogP contribution in [0.5, 0.6) is 0 Å². The number of guanidine groups is 1. The molecule has 1 unspecified atom stereocenters. The molecule has 6 heteroatoms. The minimum absolute atomic E-state index is 0. The van der Waals surface area contributed by atoms with Crippen molar-refractivity contribution in [2.45, 2.75) is 47.1 Å². The zero-order valence-corrected chi connectivity index (χ0v) is 18.9. The van der Waals surface area contributed by atoms with E-state index in [2.05, 4.69) is 72.6 Å². The highest BCUT2D eigenvalue weighted by Gasteiger charge is 2.07. The molecule has 2 rings (SSSR count). The van der Waals surface area contributed by atoms with Crippen molar-refractivity contribution in [3.63, 3.8) is 0 Å². The fourth-order valence-electron chi connectivity index (χ4n) is 2.36. The minimum Gasteiger partial charge on any atom is -0.357 e. The summed E-state index contributed by atoms with van der Waals surface area (Å²) < 4.78 is 0. The van der Waals surface area contributed by atoms with Crippen molar-refractivity contribution in [3.8, 4) is 0 Å². The van der Waals surface area contributed by atoms with Gasteiger partial charge in [-0.1, -0.05) is 36.8 Å². The number of hydrogen-bond donors (Lipinski definition) is 2. The number of thiazole rings is 1. The van der Waals surface area contributed by atoms with E-state index in [-0.39, 0.29) is 24.0 Å². The summed E-state index contributed by atoms with van der Waals surface area (Å²) in [5.41, 5.74) is 3.74. The molecule has 1 heterocycles. The van der Waals surface area contributed by atoms with Gasteiger partial charge in [-0.25, -0.2) is 9.98 Å². The molecule has 0 saturated carbocycles. The summed E-state index contributed by atoms with van der Waals surface area (Å²) in [4.78, 5) is 10.5. The van der Waals surface area contributed by atoms with Crippen molar-refractivity contribution < 1.29 is 0 Å². The second-order valence-electron chi connectivity index (χ2n) is 6.14. The normalized spacial score (nSPS) is 12.4. The summed E-state index contributed by atoms with van der Waals surface area (Å²) in [6, 6.07) is 8.73. The van der Waals surface area contributed by atoms with Gasteiger partial charge in [-0.15, -0.1) is 35.3 Å². The molecule has 1 aromatic heterocycles. The summed E-state index contributed by atoms with van der Waals surface area (Å²) >= 11 is 1.72. The molecule has 0 radical (unpaired) electrons. The molecule has 0 aliphatic heterocycles. The molecule has 4 nitrogen and oxygen atoms in total. The first-order chi connectivity index (χ1) is 11.5. The summed E-state index contributed by atoms with van der Waals surface area (Å²) in [5.74, 6) is 1.28. The Morgan fingerprint density at radius 2 is 1.84 bits per heavy atom. The number of halogens is 1. The number of hydrogen-bond acceptors (Lipinski definition) is 3. The molecule has 0 aliphatic rings. The summed E-state index contributed by atoms with van der Waals surface area (Å²) in [5, 5.41) is 7.81. The minimum atomic E-state index is 0. The number of benzene rings is 1. The van der Waals surface area contributed by atoms with Crippen LogP contribution in [0.2, 0.25) is 0 Å². The maximum absolute atomic E-state index is 4.66. The van der Waals surface area contributed by atoms with Gasteiger partial charge in [0.1, 0.15) is 5.01 Å². The van der Waals surface area contributed by atoms with Crippen LogP contribution in [0.4, 0.5) is 0 Å². The Morgan fingerprint density at radius 3 is 2.40 bits per heavy atom. The van der Waals surface area contributed by atoms with Gasteiger partial charge in [0.2, 0.25) is 0 Å². The van der Waals surface area contributed by atoms with E-state index in [9.17, 15) is 0 Å². The first-order valence-electron chi connectivity index (χ1n) is 8.51. The quantitative estimate of drug-likeness (QED) is 0.369. The number of nitrogens with zero attached hydrogens (tertiary/aromatic N) is 2. The number of aromatic nitrogens is 1. The molecule has 0 saturated heterocycles. The monoisotopic (exact) mass is 472 g/mol. The van der Waals surface area contributed by atoms with Crippen LogP contribution < -0.4 is 10.6 Å². The zero-order valence-electron chi connectivity index (χ0n) is 15.7. The molecule has 0 aliphatic carbocycles. The van der Waals surface area contributed by atoms with E-state index in [1.54, 1.807) is 11.3 Å². The predicted octanol–water partition coefficient (Wildman–Crippen LogP) is 4.55. The summed E-state index contributed by atoms with van der Waals surface area (Å²) in [7, 11) is 0. The predicted molar refractivity (Wildman–Crippen MR) is 119 cm³/mol. The van der Waals surface area contributed by atoms with Crippen LogP contribution in [0, 0.1) is 20.8 Å². The second kappa shape index (κ2) is 10.8. The van der Waals surface area contributed by atoms with Gasteiger partial charge in [0.25, 0.3) is 0 Å². The fourth-order valence-corrected chi connectivity index (χ4v) is 3.22. The van der Waals surface area contributed by atoms with Gasteiger partial charge in [-0.3, -0.25) is 0 Å². The topological polar surface area (TPSA) is 49.3 Å². The van der Waals surface area contributed by atoms with E-state index in [1.165, 1.54) is 16.0 Å². The number of rotatable bonds is 6. The number of aliphatic imine (C=N–C) groups is 1. The lowest BCUT2D eigenvalue weighted by atomic mass is 10.0. The van der Waals surface area contributed by atoms with Gasteiger partial charge in [0.15, 0.2) is 5.96 Å². The lowest BCUT2D eigenvalue weighted by Gasteiger charge is -2.16. The Kier molecular flexibility index (Phi) is 9.42. The van der Waals surface area contributed by atoms with Crippen LogP contribution in [-0.2, 0) is 6.54 Å². The van der Waals surface area contributed by atoms with E-state index >= 15 is 0 Å². The van der Waals surface area contributed by atoms with Crippen molar-refractivity contribution in [3.05, 3.63) is 51.0 Å². The molecule has 1 atom stereocenters. The van der Waals surface area contributed by atoms with Gasteiger partial charge >= 0.3 is 0 Å². The number of nitrogens with one attached hydrogen (secondary N) is 2. The van der Waals surface area contributed by atoms with Crippen LogP contribution >= 0.6 is 35.3 Å². The van der Waals surface area contributed by atoms with Gasteiger partial charge < -0.3 is 10.6 Å². The largest absolute Gasteiger partial charge is 0.357 e. The fraction of sp³-hybridized carbons (Fsp3) is 0.474. The van der Waals surface area contributed by atoms with Crippen molar-refractivity contribution >= 4 is 41.3 Å². The molecule has 0 bridgehead atoms. The molecule has 138 valence electrons. The van der Waals surface area contributed by atoms with Crippen molar-refractivity contribution in [1.82, 2.24) is 15.6 Å². The number of aryl methyl sites for hydroxylation is 3. The third kappa shape index (κ3) is 6.93. The third-order valence-corrected chi connectivity index (χ3v) is 5.07. The van der Waals surface area contributed by atoms with Gasteiger partial charge in [-0.2, -0.15) is 0 Å². The van der Waals surface area contributed by atoms with Crippen LogP contribution in [0.25, 0.3) is 0 Å². The Bertz CT molecular complexity index is 660. The van der Waals surface area contributed by atoms with Gasteiger partial charge in [0.05, 0.1) is 12.2 Å². The first kappa shape index (κ1) is 21.9. The van der Waals surface area contributed by atoms with Crippen LogP contribution in [0.15, 0.2) is 29.3 Å². The Labute approximate surface area is 172 Å². The third-order valence-electron chi connectivity index (χ3n) is 4.01. The Morgan fingerprint density at radius 1 is 1.16 bits per heavy atom. The average Bonchev–Trinajstić information content (AvgIpc) is 2.88. The Balaban J connectivity index is 0.00000312. The molecule has 25 heavy (non-hydrogen) atoms. The molecule has 0 spiro atoms. The maximum atomic E-state index is 4.66. The van der Waals surface area contributed by atoms with E-state index in [4.69, 9.17) is 0 Å². The van der Waals surface area contributed by atoms with Gasteiger partial charge in [-0.05, 0) is 39.2 Å². The highest BCUT2D eigenvalue weighted by Crippen LogP contribution is 2.17. The van der Waals surface area contributed by atoms with Gasteiger partial charge in [0, 0.05) is 18.0 Å². The molecule has 1 aromatic carbocycles. The molecular weight excluding hydrogens is 443 g/mol. The standard InChI is InChI=1S/C19H28N4S.HI/c1-6-20-19(22-12-18-23-15(4)16(5)24-18)21-11-14(3)17-9-7-13(2)8-10-17;/h7-10,14H,6,11-12H2,1-5H3,(H2,20,21,22);1H. The Hall–Kier alpha value is -1.15. The van der Waals surface area contributed by atoms with Crippen LogP contribution in [-0.4, -0.2) is 24.0 Å². The van der Waals surface area contributed by atoms with Crippen LogP contribution in [0.1, 0.15) is 46.5 Å². The van der Waals surface area contributed by atoms with Crippen LogP contribution in [0.3, 0.4) is 0 Å². The lowest BCUT2D eigenvalue weighted by molar-refractivity contribution is 0.699. The highest BCUT2D eigenvalue weighted by atomic mass is 127. The van der Waals surface area contributed by atoms with Crippen molar-refractivity contribution in [2.75, 3.05) is 13.1 Å². The van der Waals surface area contributed by atoms with E-state index < -0.39 is 0 Å². The summed E-state index contributed by atoms with van der Waals surface area (Å²) in [6.07, 6.45) is 0. The molecule has 0 amide bonds. The maximum Gasteiger partial charge on any atom is 0.191 e. The van der Waals surface area contributed by atoms with E-state index in [1.807, 2.05) is 6.92 Å². The smallest absolute Gasteiger partial charge is 0.191 e. The molecule has 2 aromatic rings. The zero-order chi connectivity index (χ0) is 17.5.